The van der Waals surface area contributed by atoms with Crippen molar-refractivity contribution in [3.8, 4) is 17.3 Å². The number of carbonyl (C=O) groups is 1. The summed E-state index contributed by atoms with van der Waals surface area (Å²) in [5.41, 5.74) is 3.90. The number of rotatable bonds is 12. The second-order valence-corrected chi connectivity index (χ2v) is 12.4. The van der Waals surface area contributed by atoms with Crippen molar-refractivity contribution in [2.24, 2.45) is 0 Å². The van der Waals surface area contributed by atoms with Gasteiger partial charge in [0.25, 0.3) is 11.8 Å². The number of hydrogen-bond acceptors (Lipinski definition) is 9. The molecule has 13 heteroatoms. The van der Waals surface area contributed by atoms with Gasteiger partial charge in [0.2, 0.25) is 5.88 Å². The summed E-state index contributed by atoms with van der Waals surface area (Å²) < 4.78 is 34.1. The van der Waals surface area contributed by atoms with E-state index < -0.39 is 11.6 Å². The zero-order chi connectivity index (χ0) is 37.4. The first-order chi connectivity index (χ1) is 23.8. The average Bonchev–Trinajstić information content (AvgIpc) is 3.77. The Morgan fingerprint density at radius 3 is 2.46 bits per heavy atom. The molecule has 2 aliphatic heterocycles. The fourth-order valence-electron chi connectivity index (χ4n) is 5.97. The Bertz CT molecular complexity index is 1640. The number of carbonyl (C=O) groups excluding carboxylic acids is 1. The van der Waals surface area contributed by atoms with Crippen LogP contribution in [0.1, 0.15) is 78.0 Å². The van der Waals surface area contributed by atoms with Crippen LogP contribution in [0.25, 0.3) is 17.5 Å². The number of halogens is 2. The molecule has 4 heterocycles. The van der Waals surface area contributed by atoms with Gasteiger partial charge in [0, 0.05) is 70.7 Å². The van der Waals surface area contributed by atoms with Crippen LogP contribution in [0.3, 0.4) is 0 Å². The number of H-pyrrole nitrogens is 1. The molecule has 274 valence electrons. The number of nitrogens with one attached hydrogen (secondary N) is 2. The lowest BCUT2D eigenvalue weighted by Gasteiger charge is -2.37. The van der Waals surface area contributed by atoms with Crippen LogP contribution in [0.4, 0.5) is 14.6 Å². The standard InChI is InChI=1S/C34H44F2N8O2.C2H6.CH4O/c1-9-21(12-15-25(10-2)34(5)39-26(33(4,35)36)20-44(34)11-3)18-43-19-24(32(45)42(6)7)16-23-17-37-29(38-30(23)43)27-28(22-13-14-22)40-41-31(27)46-8;2*1-2/h10,12,15-17,20,22,39H,2,9,11,13-14,18-19H2,1,3-8H3,(H,40,41);1-2H3;2H,1H3/b21-12+,25-15+;;. The Morgan fingerprint density at radius 1 is 1.24 bits per heavy atom. The molecule has 3 N–H and O–H groups in total. The summed E-state index contributed by atoms with van der Waals surface area (Å²) in [6.45, 7) is 16.1. The number of fused-ring (bicyclic) bond motifs is 1. The molecule has 0 radical (unpaired) electrons. The number of aliphatic hydroxyl groups is 1. The number of aliphatic hydroxyl groups excluding tert-OH is 1. The molecular weight excluding hydrogens is 642 g/mol. The number of nitrogens with zero attached hydrogens (tertiary/aromatic N) is 6. The number of hydrogen-bond donors (Lipinski definition) is 3. The van der Waals surface area contributed by atoms with Crippen molar-refractivity contribution >= 4 is 17.8 Å². The number of methoxy groups -OCH3 is 1. The van der Waals surface area contributed by atoms with Crippen molar-refractivity contribution in [2.45, 2.75) is 78.3 Å². The fraction of sp³-hybridized carbons (Fsp3) is 0.514. The molecule has 50 heavy (non-hydrogen) atoms. The fourth-order valence-corrected chi connectivity index (χ4v) is 5.97. The highest BCUT2D eigenvalue weighted by atomic mass is 19.3. The maximum absolute atomic E-state index is 14.3. The number of allylic oxidation sites excluding steroid dienone is 3. The molecule has 0 saturated heterocycles. The van der Waals surface area contributed by atoms with Crippen molar-refractivity contribution in [1.29, 1.82) is 0 Å². The van der Waals surface area contributed by atoms with Crippen LogP contribution in [0.2, 0.25) is 0 Å². The van der Waals surface area contributed by atoms with E-state index in [-0.39, 0.29) is 11.6 Å². The minimum Gasteiger partial charge on any atom is -0.479 e. The Kier molecular flexibility index (Phi) is 13.5. The molecule has 3 aliphatic rings. The number of anilines is 1. The van der Waals surface area contributed by atoms with Gasteiger partial charge in [-0.1, -0.05) is 51.2 Å². The summed E-state index contributed by atoms with van der Waals surface area (Å²) in [6.07, 6.45) is 13.6. The van der Waals surface area contributed by atoms with Gasteiger partial charge in [-0.15, -0.1) is 5.10 Å². The first-order valence-electron chi connectivity index (χ1n) is 17.1. The van der Waals surface area contributed by atoms with Crippen molar-refractivity contribution in [1.82, 2.24) is 35.3 Å². The SMILES string of the molecule is C=C/C(=C\C=C(/CC)CN1CC(C(=O)N(C)C)=Cc2cnc(-c3c(OC)n[nH]c3C3CC3)nc21)C1(C)NC(C(C)(F)F)=CN1CC.CC.CO. The number of aromatic amines is 1. The molecule has 1 atom stereocenters. The molecule has 1 fully saturated rings. The third-order valence-electron chi connectivity index (χ3n) is 8.81. The number of amides is 1. The minimum absolute atomic E-state index is 0.0842. The van der Waals surface area contributed by atoms with E-state index in [1.807, 2.05) is 50.8 Å². The average molecular weight is 697 g/mol. The van der Waals surface area contributed by atoms with Gasteiger partial charge in [-0.2, -0.15) is 8.78 Å². The number of aromatic nitrogens is 4. The van der Waals surface area contributed by atoms with Crippen LogP contribution in [-0.4, -0.2) is 101 Å². The van der Waals surface area contributed by atoms with Gasteiger partial charge in [0.15, 0.2) is 5.82 Å². The minimum atomic E-state index is -3.00. The quantitative estimate of drug-likeness (QED) is 0.221. The third kappa shape index (κ3) is 8.43. The normalized spacial score (nSPS) is 18.8. The summed E-state index contributed by atoms with van der Waals surface area (Å²) in [5, 5.41) is 17.5. The molecule has 0 aromatic carbocycles. The van der Waals surface area contributed by atoms with Crippen LogP contribution >= 0.6 is 0 Å². The van der Waals surface area contributed by atoms with Crippen LogP contribution in [-0.2, 0) is 4.79 Å². The maximum Gasteiger partial charge on any atom is 0.286 e. The summed E-state index contributed by atoms with van der Waals surface area (Å²) in [4.78, 5) is 28.4. The van der Waals surface area contributed by atoms with E-state index >= 15 is 0 Å². The molecule has 1 unspecified atom stereocenters. The molecule has 2 aromatic heterocycles. The van der Waals surface area contributed by atoms with E-state index in [4.69, 9.17) is 19.8 Å². The number of alkyl halides is 2. The topological polar surface area (TPSA) is 123 Å². The second-order valence-electron chi connectivity index (χ2n) is 12.4. The lowest BCUT2D eigenvalue weighted by molar-refractivity contribution is -0.124. The van der Waals surface area contributed by atoms with Gasteiger partial charge in [-0.3, -0.25) is 9.89 Å². The predicted octanol–water partition coefficient (Wildman–Crippen LogP) is 6.27. The summed E-state index contributed by atoms with van der Waals surface area (Å²) in [5.74, 6) is -1.04. The zero-order valence-electron chi connectivity index (χ0n) is 31.2. The van der Waals surface area contributed by atoms with Crippen LogP contribution in [0, 0.1) is 0 Å². The van der Waals surface area contributed by atoms with Gasteiger partial charge in [-0.25, -0.2) is 9.97 Å². The van der Waals surface area contributed by atoms with Gasteiger partial charge >= 0.3 is 0 Å². The molecule has 0 spiro atoms. The van der Waals surface area contributed by atoms with Crippen LogP contribution < -0.4 is 15.0 Å². The summed E-state index contributed by atoms with van der Waals surface area (Å²) in [6, 6.07) is 0. The van der Waals surface area contributed by atoms with Gasteiger partial charge in [0.1, 0.15) is 17.0 Å². The molecule has 2 aromatic rings. The highest BCUT2D eigenvalue weighted by molar-refractivity contribution is 6.00. The van der Waals surface area contributed by atoms with E-state index in [1.54, 1.807) is 38.4 Å². The van der Waals surface area contributed by atoms with Gasteiger partial charge < -0.3 is 29.9 Å². The molecule has 5 rings (SSSR count). The smallest absolute Gasteiger partial charge is 0.286 e. The van der Waals surface area contributed by atoms with Crippen molar-refractivity contribution in [3.63, 3.8) is 0 Å². The first kappa shape index (κ1) is 39.9. The Labute approximate surface area is 295 Å². The molecule has 1 aliphatic carbocycles. The highest BCUT2D eigenvalue weighted by Gasteiger charge is 2.43. The van der Waals surface area contributed by atoms with Crippen molar-refractivity contribution in [2.75, 3.05) is 52.8 Å². The maximum atomic E-state index is 14.3. The monoisotopic (exact) mass is 696 g/mol. The van der Waals surface area contributed by atoms with Crippen molar-refractivity contribution in [3.05, 3.63) is 70.9 Å². The summed E-state index contributed by atoms with van der Waals surface area (Å²) in [7, 11) is 6.05. The van der Waals surface area contributed by atoms with E-state index in [9.17, 15) is 13.6 Å². The molecule has 11 nitrogen and oxygen atoms in total. The highest BCUT2D eigenvalue weighted by Crippen LogP contribution is 2.46. The lowest BCUT2D eigenvalue weighted by Crippen LogP contribution is -2.51. The molecule has 1 saturated carbocycles. The summed E-state index contributed by atoms with van der Waals surface area (Å²) >= 11 is 0. The number of likely N-dealkylation sites (N-methyl/N-ethyl adjacent to an activating group) is 2. The van der Waals surface area contributed by atoms with Gasteiger partial charge in [0.05, 0.1) is 25.0 Å². The van der Waals surface area contributed by atoms with E-state index in [0.717, 1.165) is 54.8 Å². The molecule has 1 amide bonds. The van der Waals surface area contributed by atoms with Crippen molar-refractivity contribution < 1.29 is 23.4 Å². The second kappa shape index (κ2) is 16.9. The molecule has 0 bridgehead atoms. The van der Waals surface area contributed by atoms with Crippen LogP contribution in [0.15, 0.2) is 59.6 Å². The predicted molar refractivity (Wildman–Crippen MR) is 196 cm³/mol. The Morgan fingerprint density at radius 2 is 1.92 bits per heavy atom. The largest absolute Gasteiger partial charge is 0.479 e. The number of ether oxygens (including phenoxy) is 1. The van der Waals surface area contributed by atoms with Gasteiger partial charge in [-0.05, 0) is 44.8 Å². The molecular formula is C37H54F2N8O3. The van der Waals surface area contributed by atoms with E-state index in [1.165, 1.54) is 6.20 Å². The Balaban J connectivity index is 0.00000163. The third-order valence-corrected chi connectivity index (χ3v) is 8.81. The zero-order valence-corrected chi connectivity index (χ0v) is 31.2. The first-order valence-corrected chi connectivity index (χ1v) is 17.1. The lowest BCUT2D eigenvalue weighted by atomic mass is 9.98. The van der Waals surface area contributed by atoms with E-state index in [2.05, 4.69) is 33.9 Å². The Hall–Kier alpha value is -4.52. The van der Waals surface area contributed by atoms with Crippen LogP contribution in [0.5, 0.6) is 5.88 Å². The van der Waals surface area contributed by atoms with E-state index in [0.29, 0.717) is 55.1 Å².